The first kappa shape index (κ1) is 17.4. The predicted molar refractivity (Wildman–Crippen MR) is 77.0 cm³/mol. The zero-order valence-corrected chi connectivity index (χ0v) is 12.7. The number of rotatable bonds is 3. The number of halogens is 3. The van der Waals surface area contributed by atoms with Gasteiger partial charge in [-0.25, -0.2) is 0 Å². The van der Waals surface area contributed by atoms with Gasteiger partial charge in [0, 0.05) is 12.4 Å². The summed E-state index contributed by atoms with van der Waals surface area (Å²) in [6.07, 6.45) is -2.44. The molecule has 1 fully saturated rings. The van der Waals surface area contributed by atoms with Gasteiger partial charge in [-0.2, -0.15) is 13.2 Å². The molecule has 1 aliphatic rings. The number of hydrogen-bond donors (Lipinski definition) is 3. The molecule has 0 bridgehead atoms. The van der Waals surface area contributed by atoms with Crippen molar-refractivity contribution in [2.45, 2.75) is 24.9 Å². The van der Waals surface area contributed by atoms with E-state index >= 15 is 0 Å². The first-order valence-corrected chi connectivity index (χ1v) is 7.06. The smallest absolute Gasteiger partial charge is 0.437 e. The summed E-state index contributed by atoms with van der Waals surface area (Å²) in [5.41, 5.74) is -3.29. The molecule has 126 valence electrons. The van der Waals surface area contributed by atoms with Crippen LogP contribution in [-0.4, -0.2) is 39.7 Å². The van der Waals surface area contributed by atoms with Crippen LogP contribution in [0.25, 0.3) is 0 Å². The van der Waals surface area contributed by atoms with Crippen molar-refractivity contribution < 1.29 is 27.8 Å². The molecular weight excluding hydrogens is 335 g/mol. The SMILES string of the molecule is CCOC(=O)[C@H]1[C@H](c2cccnc2)NC(=S)N[C@]1(O)C(F)(F)F. The van der Waals surface area contributed by atoms with Gasteiger partial charge in [-0.15, -0.1) is 0 Å². The van der Waals surface area contributed by atoms with Crippen molar-refractivity contribution in [3.63, 3.8) is 0 Å². The molecule has 6 nitrogen and oxygen atoms in total. The standard InChI is InChI=1S/C13H14F3N3O3S/c1-2-22-10(20)8-9(7-4-3-5-17-6-7)18-11(23)19-12(8,21)13(14,15)16/h3-6,8-9,21H,2H2,1H3,(H2,18,19,23)/t8-,9+,12-/m1/s1. The first-order valence-electron chi connectivity index (χ1n) is 6.65. The second-order valence-electron chi connectivity index (χ2n) is 4.86. The lowest BCUT2D eigenvalue weighted by atomic mass is 9.82. The Morgan fingerprint density at radius 1 is 1.57 bits per heavy atom. The van der Waals surface area contributed by atoms with Gasteiger partial charge in [-0.1, -0.05) is 6.07 Å². The van der Waals surface area contributed by atoms with Gasteiger partial charge < -0.3 is 20.5 Å². The third-order valence-electron chi connectivity index (χ3n) is 3.39. The molecule has 1 aliphatic heterocycles. The highest BCUT2D eigenvalue weighted by Crippen LogP contribution is 2.42. The van der Waals surface area contributed by atoms with E-state index in [-0.39, 0.29) is 12.2 Å². The third kappa shape index (κ3) is 3.22. The number of carbonyl (C=O) groups is 1. The van der Waals surface area contributed by atoms with E-state index in [1.807, 2.05) is 0 Å². The molecule has 2 rings (SSSR count). The summed E-state index contributed by atoms with van der Waals surface area (Å²) in [6, 6.07) is 1.72. The maximum absolute atomic E-state index is 13.4. The molecule has 0 radical (unpaired) electrons. The maximum atomic E-state index is 13.4. The summed E-state index contributed by atoms with van der Waals surface area (Å²) in [5, 5.41) is 14.1. The number of carbonyl (C=O) groups excluding carboxylic acids is 1. The topological polar surface area (TPSA) is 83.5 Å². The van der Waals surface area contributed by atoms with E-state index in [0.29, 0.717) is 0 Å². The zero-order chi connectivity index (χ0) is 17.3. The molecule has 0 saturated carbocycles. The van der Waals surface area contributed by atoms with E-state index in [9.17, 15) is 23.1 Å². The monoisotopic (exact) mass is 349 g/mol. The Labute approximate surface area is 135 Å². The average molecular weight is 349 g/mol. The van der Waals surface area contributed by atoms with E-state index < -0.39 is 34.9 Å². The van der Waals surface area contributed by atoms with Crippen LogP contribution >= 0.6 is 12.2 Å². The largest absolute Gasteiger partial charge is 0.466 e. The lowest BCUT2D eigenvalue weighted by Gasteiger charge is -2.45. The molecule has 2 heterocycles. The highest BCUT2D eigenvalue weighted by Gasteiger charge is 2.66. The number of pyridine rings is 1. The average Bonchev–Trinajstić information content (AvgIpc) is 2.46. The fraction of sp³-hybridized carbons (Fsp3) is 0.462. The number of alkyl halides is 3. The van der Waals surface area contributed by atoms with Crippen molar-refractivity contribution in [3.8, 4) is 0 Å². The molecule has 0 amide bonds. The minimum absolute atomic E-state index is 0.131. The van der Waals surface area contributed by atoms with Gasteiger partial charge in [0.05, 0.1) is 12.6 Å². The number of nitrogens with one attached hydrogen (secondary N) is 2. The van der Waals surface area contributed by atoms with Crippen molar-refractivity contribution in [3.05, 3.63) is 30.1 Å². The Hall–Kier alpha value is -1.94. The molecule has 10 heteroatoms. The summed E-state index contributed by atoms with van der Waals surface area (Å²) >= 11 is 4.75. The van der Waals surface area contributed by atoms with E-state index in [1.54, 1.807) is 5.32 Å². The van der Waals surface area contributed by atoms with Crippen LogP contribution in [0.4, 0.5) is 13.2 Å². The van der Waals surface area contributed by atoms with Gasteiger partial charge in [0.25, 0.3) is 5.72 Å². The summed E-state index contributed by atoms with van der Waals surface area (Å²) < 4.78 is 45.0. The van der Waals surface area contributed by atoms with Gasteiger partial charge in [-0.3, -0.25) is 9.78 Å². The first-order chi connectivity index (χ1) is 10.7. The molecular formula is C13H14F3N3O3S. The van der Waals surface area contributed by atoms with Crippen LogP contribution in [0.1, 0.15) is 18.5 Å². The normalized spacial score (nSPS) is 27.8. The second-order valence-corrected chi connectivity index (χ2v) is 5.26. The maximum Gasteiger partial charge on any atom is 0.437 e. The van der Waals surface area contributed by atoms with Crippen LogP contribution in [0.3, 0.4) is 0 Å². The molecule has 0 spiro atoms. The second kappa shape index (κ2) is 6.28. The Morgan fingerprint density at radius 2 is 2.26 bits per heavy atom. The number of esters is 1. The minimum atomic E-state index is -5.16. The quantitative estimate of drug-likeness (QED) is 0.555. The molecule has 23 heavy (non-hydrogen) atoms. The van der Waals surface area contributed by atoms with Gasteiger partial charge >= 0.3 is 12.1 Å². The number of thiocarbonyl (C=S) groups is 1. The number of ether oxygens (including phenoxy) is 1. The van der Waals surface area contributed by atoms with E-state index in [0.717, 1.165) is 0 Å². The van der Waals surface area contributed by atoms with Gasteiger partial charge in [0.15, 0.2) is 5.11 Å². The van der Waals surface area contributed by atoms with Gasteiger partial charge in [0.1, 0.15) is 5.92 Å². The fourth-order valence-electron chi connectivity index (χ4n) is 2.37. The van der Waals surface area contributed by atoms with Crippen LogP contribution in [0.5, 0.6) is 0 Å². The molecule has 1 aromatic rings. The van der Waals surface area contributed by atoms with E-state index in [1.165, 1.54) is 31.5 Å². The predicted octanol–water partition coefficient (Wildman–Crippen LogP) is 1.03. The molecule has 0 aliphatic carbocycles. The van der Waals surface area contributed by atoms with Crippen molar-refractivity contribution >= 4 is 23.3 Å². The Bertz CT molecular complexity index is 599. The lowest BCUT2D eigenvalue weighted by molar-refractivity contribution is -0.292. The van der Waals surface area contributed by atoms with Crippen LogP contribution in [-0.2, 0) is 9.53 Å². The van der Waals surface area contributed by atoms with Crippen molar-refractivity contribution in [2.75, 3.05) is 6.61 Å². The Balaban J connectivity index is 2.54. The van der Waals surface area contributed by atoms with Gasteiger partial charge in [-0.05, 0) is 30.8 Å². The van der Waals surface area contributed by atoms with Gasteiger partial charge in [0.2, 0.25) is 0 Å². The van der Waals surface area contributed by atoms with Crippen LogP contribution < -0.4 is 10.6 Å². The van der Waals surface area contributed by atoms with Crippen LogP contribution in [0.2, 0.25) is 0 Å². The van der Waals surface area contributed by atoms with E-state index in [2.05, 4.69) is 10.3 Å². The minimum Gasteiger partial charge on any atom is -0.466 e. The van der Waals surface area contributed by atoms with Crippen LogP contribution in [0, 0.1) is 5.92 Å². The van der Waals surface area contributed by atoms with E-state index in [4.69, 9.17) is 17.0 Å². The fourth-order valence-corrected chi connectivity index (χ4v) is 2.66. The number of aliphatic hydroxyl groups is 1. The summed E-state index contributed by atoms with van der Waals surface area (Å²) in [7, 11) is 0. The van der Waals surface area contributed by atoms with Crippen molar-refractivity contribution in [2.24, 2.45) is 5.92 Å². The van der Waals surface area contributed by atoms with Crippen LogP contribution in [0.15, 0.2) is 24.5 Å². The highest BCUT2D eigenvalue weighted by molar-refractivity contribution is 7.80. The molecule has 1 aromatic heterocycles. The van der Waals surface area contributed by atoms with Crippen molar-refractivity contribution in [1.29, 1.82) is 0 Å². The lowest BCUT2D eigenvalue weighted by Crippen LogP contribution is -2.73. The molecule has 1 saturated heterocycles. The summed E-state index contributed by atoms with van der Waals surface area (Å²) in [5.74, 6) is -3.21. The Morgan fingerprint density at radius 3 is 2.78 bits per heavy atom. The highest BCUT2D eigenvalue weighted by atomic mass is 32.1. The Kier molecular flexibility index (Phi) is 4.76. The third-order valence-corrected chi connectivity index (χ3v) is 3.61. The van der Waals surface area contributed by atoms with Crippen molar-refractivity contribution in [1.82, 2.24) is 15.6 Å². The molecule has 0 unspecified atom stereocenters. The molecule has 3 atom stereocenters. The number of nitrogens with zero attached hydrogens (tertiary/aromatic N) is 1. The number of hydrogen-bond acceptors (Lipinski definition) is 5. The number of aromatic nitrogens is 1. The molecule has 0 aromatic carbocycles. The zero-order valence-electron chi connectivity index (χ0n) is 11.9. The summed E-state index contributed by atoms with van der Waals surface area (Å²) in [4.78, 5) is 15.9. The molecule has 3 N–H and O–H groups in total. The summed E-state index contributed by atoms with van der Waals surface area (Å²) in [6.45, 7) is 1.32.